The van der Waals surface area contributed by atoms with Crippen LogP contribution in [0, 0.1) is 5.92 Å². The fraction of sp³-hybridized carbons (Fsp3) is 0.440. The molecule has 38 heavy (non-hydrogen) atoms. The second kappa shape index (κ2) is 14.5. The van der Waals surface area contributed by atoms with Crippen molar-refractivity contribution in [3.8, 4) is 0 Å². The highest BCUT2D eigenvalue weighted by atomic mass is 16.4. The monoisotopic (exact) mass is 530 g/mol. The fourth-order valence-electron chi connectivity index (χ4n) is 3.69. The van der Waals surface area contributed by atoms with E-state index in [1.54, 1.807) is 38.1 Å². The molecule has 0 aliphatic heterocycles. The minimum absolute atomic E-state index is 0.0690. The van der Waals surface area contributed by atoms with Crippen molar-refractivity contribution in [2.75, 3.05) is 0 Å². The number of carbonyl (C=O) groups excluding carboxylic acids is 3. The van der Waals surface area contributed by atoms with Gasteiger partial charge >= 0.3 is 11.9 Å². The molecule has 3 amide bonds. The van der Waals surface area contributed by atoms with E-state index in [4.69, 9.17) is 5.73 Å². The Morgan fingerprint density at radius 2 is 1.50 bits per heavy atom. The molecule has 1 aromatic heterocycles. The second-order valence-electron chi connectivity index (χ2n) is 9.33. The first-order valence-electron chi connectivity index (χ1n) is 12.1. The van der Waals surface area contributed by atoms with Gasteiger partial charge in [-0.05, 0) is 24.3 Å². The topological polar surface area (TPSA) is 217 Å². The summed E-state index contributed by atoms with van der Waals surface area (Å²) in [7, 11) is 0. The summed E-state index contributed by atoms with van der Waals surface area (Å²) in [6.07, 6.45) is 2.29. The predicted octanol–water partition coefficient (Wildman–Crippen LogP) is -0.418. The summed E-state index contributed by atoms with van der Waals surface area (Å²) in [5.41, 5.74) is 7.23. The molecule has 0 aliphatic carbocycles. The molecule has 0 saturated heterocycles. The molecule has 0 bridgehead atoms. The smallest absolute Gasteiger partial charge is 0.326 e. The number of carboxylic acids is 2. The standard InChI is InChI=1S/C25H34N6O7/c1-14(2)8-18(23(35)31-20(25(37)38)10-16-12-27-13-28-16)30-24(36)19(11-21(32)33)29-22(34)17(26)9-15-6-4-3-5-7-15/h3-7,12-14,17-20H,8-11,26H2,1-2H3,(H,27,28)(H,29,34)(H,30,36)(H,31,35)(H,32,33)(H,37,38). The van der Waals surface area contributed by atoms with Crippen molar-refractivity contribution in [3.05, 3.63) is 54.1 Å². The maximum atomic E-state index is 13.0. The summed E-state index contributed by atoms with van der Waals surface area (Å²) in [5, 5.41) is 26.1. The van der Waals surface area contributed by atoms with Gasteiger partial charge in [-0.2, -0.15) is 0 Å². The van der Waals surface area contributed by atoms with Crippen LogP contribution in [0.3, 0.4) is 0 Å². The maximum Gasteiger partial charge on any atom is 0.326 e. The zero-order valence-electron chi connectivity index (χ0n) is 21.2. The highest BCUT2D eigenvalue weighted by Crippen LogP contribution is 2.09. The molecule has 0 fully saturated rings. The van der Waals surface area contributed by atoms with E-state index in [1.165, 1.54) is 12.5 Å². The molecular formula is C25H34N6O7. The van der Waals surface area contributed by atoms with Gasteiger partial charge in [0, 0.05) is 18.3 Å². The SMILES string of the molecule is CC(C)CC(NC(=O)C(CC(=O)O)NC(=O)C(N)Cc1ccccc1)C(=O)NC(Cc1cnc[nH]1)C(=O)O. The summed E-state index contributed by atoms with van der Waals surface area (Å²) in [5.74, 6) is -5.13. The molecule has 2 aromatic rings. The molecule has 0 spiro atoms. The van der Waals surface area contributed by atoms with Crippen molar-refractivity contribution < 1.29 is 34.2 Å². The van der Waals surface area contributed by atoms with Gasteiger partial charge in [0.05, 0.1) is 18.8 Å². The van der Waals surface area contributed by atoms with Gasteiger partial charge in [0.2, 0.25) is 17.7 Å². The van der Waals surface area contributed by atoms with E-state index in [9.17, 15) is 34.2 Å². The number of nitrogens with one attached hydrogen (secondary N) is 4. The van der Waals surface area contributed by atoms with Crippen LogP contribution >= 0.6 is 0 Å². The minimum atomic E-state index is -1.51. The van der Waals surface area contributed by atoms with Crippen LogP contribution in [0.25, 0.3) is 0 Å². The lowest BCUT2D eigenvalue weighted by atomic mass is 10.0. The molecule has 13 heteroatoms. The number of amides is 3. The maximum absolute atomic E-state index is 13.0. The number of aliphatic carboxylic acids is 2. The Balaban J connectivity index is 2.11. The zero-order chi connectivity index (χ0) is 28.2. The number of carboxylic acid groups (broad SMARTS) is 2. The Morgan fingerprint density at radius 3 is 2.05 bits per heavy atom. The second-order valence-corrected chi connectivity index (χ2v) is 9.33. The third-order valence-electron chi connectivity index (χ3n) is 5.58. The average Bonchev–Trinajstić information content (AvgIpc) is 3.35. The number of nitrogens with two attached hydrogens (primary N) is 1. The molecule has 4 unspecified atom stereocenters. The normalized spacial score (nSPS) is 14.1. The minimum Gasteiger partial charge on any atom is -0.481 e. The molecule has 0 saturated carbocycles. The van der Waals surface area contributed by atoms with Crippen LogP contribution in [0.1, 0.15) is 37.9 Å². The van der Waals surface area contributed by atoms with Gasteiger partial charge in [-0.15, -0.1) is 0 Å². The van der Waals surface area contributed by atoms with Gasteiger partial charge in [0.1, 0.15) is 18.1 Å². The van der Waals surface area contributed by atoms with Crippen LogP contribution in [-0.2, 0) is 36.8 Å². The highest BCUT2D eigenvalue weighted by Gasteiger charge is 2.32. The molecule has 206 valence electrons. The van der Waals surface area contributed by atoms with Crippen molar-refractivity contribution in [1.82, 2.24) is 25.9 Å². The van der Waals surface area contributed by atoms with Gasteiger partial charge < -0.3 is 36.9 Å². The summed E-state index contributed by atoms with van der Waals surface area (Å²) in [6, 6.07) is 3.88. The van der Waals surface area contributed by atoms with Crippen molar-refractivity contribution in [2.24, 2.45) is 11.7 Å². The van der Waals surface area contributed by atoms with Gasteiger partial charge in [0.25, 0.3) is 0 Å². The van der Waals surface area contributed by atoms with Crippen LogP contribution in [-0.4, -0.2) is 74.0 Å². The molecule has 8 N–H and O–H groups in total. The third kappa shape index (κ3) is 10.0. The Morgan fingerprint density at radius 1 is 0.895 bits per heavy atom. The molecule has 13 nitrogen and oxygen atoms in total. The number of benzene rings is 1. The quantitative estimate of drug-likeness (QED) is 0.159. The Kier molecular flexibility index (Phi) is 11.4. The van der Waals surface area contributed by atoms with E-state index in [2.05, 4.69) is 25.9 Å². The lowest BCUT2D eigenvalue weighted by Gasteiger charge is -2.25. The molecule has 4 atom stereocenters. The molecule has 2 rings (SSSR count). The van der Waals surface area contributed by atoms with E-state index in [-0.39, 0.29) is 25.2 Å². The number of aromatic nitrogens is 2. The van der Waals surface area contributed by atoms with E-state index >= 15 is 0 Å². The number of H-pyrrole nitrogens is 1. The molecule has 1 heterocycles. The van der Waals surface area contributed by atoms with Crippen LogP contribution in [0.4, 0.5) is 0 Å². The highest BCUT2D eigenvalue weighted by molar-refractivity contribution is 5.95. The molecular weight excluding hydrogens is 496 g/mol. The van der Waals surface area contributed by atoms with E-state index in [0.717, 1.165) is 5.56 Å². The number of hydrogen-bond acceptors (Lipinski definition) is 7. The molecule has 1 aromatic carbocycles. The van der Waals surface area contributed by atoms with Crippen LogP contribution in [0.2, 0.25) is 0 Å². The first-order chi connectivity index (χ1) is 18.0. The van der Waals surface area contributed by atoms with Crippen LogP contribution < -0.4 is 21.7 Å². The Bertz CT molecular complexity index is 1090. The molecule has 0 radical (unpaired) electrons. The van der Waals surface area contributed by atoms with Crippen molar-refractivity contribution in [2.45, 2.75) is 63.7 Å². The zero-order valence-corrected chi connectivity index (χ0v) is 21.2. The molecule has 0 aliphatic rings. The summed E-state index contributed by atoms with van der Waals surface area (Å²) < 4.78 is 0. The fourth-order valence-corrected chi connectivity index (χ4v) is 3.69. The first kappa shape index (κ1) is 30.0. The van der Waals surface area contributed by atoms with Gasteiger partial charge in [-0.3, -0.25) is 19.2 Å². The first-order valence-corrected chi connectivity index (χ1v) is 12.1. The number of hydrogen-bond donors (Lipinski definition) is 7. The van der Waals surface area contributed by atoms with Crippen LogP contribution in [0.15, 0.2) is 42.9 Å². The number of rotatable bonds is 15. The van der Waals surface area contributed by atoms with Crippen molar-refractivity contribution in [1.29, 1.82) is 0 Å². The van der Waals surface area contributed by atoms with Crippen LogP contribution in [0.5, 0.6) is 0 Å². The lowest BCUT2D eigenvalue weighted by Crippen LogP contribution is -2.58. The van der Waals surface area contributed by atoms with E-state index in [1.807, 2.05) is 6.07 Å². The van der Waals surface area contributed by atoms with E-state index < -0.39 is 60.2 Å². The number of carbonyl (C=O) groups is 5. The lowest BCUT2D eigenvalue weighted by molar-refractivity contribution is -0.143. The number of imidazole rings is 1. The third-order valence-corrected chi connectivity index (χ3v) is 5.58. The largest absolute Gasteiger partial charge is 0.481 e. The van der Waals surface area contributed by atoms with E-state index in [0.29, 0.717) is 5.69 Å². The van der Waals surface area contributed by atoms with Crippen molar-refractivity contribution in [3.63, 3.8) is 0 Å². The van der Waals surface area contributed by atoms with Crippen molar-refractivity contribution >= 4 is 29.7 Å². The Labute approximate surface area is 219 Å². The average molecular weight is 531 g/mol. The summed E-state index contributed by atoms with van der Waals surface area (Å²) in [6.45, 7) is 3.59. The Hall–Kier alpha value is -4.26. The van der Waals surface area contributed by atoms with Gasteiger partial charge in [0.15, 0.2) is 0 Å². The summed E-state index contributed by atoms with van der Waals surface area (Å²) >= 11 is 0. The number of aromatic amines is 1. The number of nitrogens with zero attached hydrogens (tertiary/aromatic N) is 1. The summed E-state index contributed by atoms with van der Waals surface area (Å²) in [4.78, 5) is 68.4. The van der Waals surface area contributed by atoms with Gasteiger partial charge in [-0.25, -0.2) is 9.78 Å². The predicted molar refractivity (Wildman–Crippen MR) is 136 cm³/mol. The van der Waals surface area contributed by atoms with Gasteiger partial charge in [-0.1, -0.05) is 44.2 Å².